The molecule has 0 amide bonds. The van der Waals surface area contributed by atoms with Crippen LogP contribution >= 0.6 is 0 Å². The first kappa shape index (κ1) is 25.3. The van der Waals surface area contributed by atoms with Crippen molar-refractivity contribution in [2.75, 3.05) is 44.7 Å². The molecule has 1 aromatic heterocycles. The quantitative estimate of drug-likeness (QED) is 0.496. The Hall–Kier alpha value is -2.81. The summed E-state index contributed by atoms with van der Waals surface area (Å²) in [5.41, 5.74) is 2.22. The lowest BCUT2D eigenvalue weighted by molar-refractivity contribution is 0.166. The van der Waals surface area contributed by atoms with Gasteiger partial charge >= 0.3 is 0 Å². The molecule has 7 nitrogen and oxygen atoms in total. The maximum atomic E-state index is 13.1. The number of benzene rings is 2. The Balaban J connectivity index is 1.43. The average Bonchev–Trinajstić information content (AvgIpc) is 3.39. The van der Waals surface area contributed by atoms with Crippen LogP contribution < -0.4 is 14.4 Å². The molecule has 0 bridgehead atoms. The molecule has 1 N–H and O–H groups in total. The highest BCUT2D eigenvalue weighted by Gasteiger charge is 2.29. The van der Waals surface area contributed by atoms with Crippen LogP contribution in [0.4, 0.5) is 5.69 Å². The molecular weight excluding hydrogens is 462 g/mol. The fourth-order valence-electron chi connectivity index (χ4n) is 4.38. The van der Waals surface area contributed by atoms with E-state index in [0.717, 1.165) is 48.9 Å². The van der Waals surface area contributed by atoms with Crippen LogP contribution in [-0.4, -0.2) is 53.2 Å². The van der Waals surface area contributed by atoms with Crippen molar-refractivity contribution in [3.05, 3.63) is 78.3 Å². The van der Waals surface area contributed by atoms with Crippen molar-refractivity contribution in [3.8, 4) is 5.75 Å². The van der Waals surface area contributed by atoms with Crippen LogP contribution in [0.1, 0.15) is 38.1 Å². The second-order valence-electron chi connectivity index (χ2n) is 9.88. The number of furan rings is 1. The summed E-state index contributed by atoms with van der Waals surface area (Å²) in [7, 11) is -1.98. The van der Waals surface area contributed by atoms with Gasteiger partial charge in [-0.3, -0.25) is 4.90 Å². The smallest absolute Gasteiger partial charge is 0.240 e. The number of hydrogen-bond acceptors (Lipinski definition) is 6. The van der Waals surface area contributed by atoms with E-state index in [1.54, 1.807) is 25.5 Å². The van der Waals surface area contributed by atoms with Gasteiger partial charge in [-0.1, -0.05) is 32.9 Å². The molecule has 0 aliphatic carbocycles. The first-order valence-electron chi connectivity index (χ1n) is 11.9. The van der Waals surface area contributed by atoms with Crippen LogP contribution in [-0.2, 0) is 15.4 Å². The predicted molar refractivity (Wildman–Crippen MR) is 139 cm³/mol. The van der Waals surface area contributed by atoms with Crippen molar-refractivity contribution in [3.63, 3.8) is 0 Å². The highest BCUT2D eigenvalue weighted by molar-refractivity contribution is 7.89. The standard InChI is InChI=1S/C27H35N3O4S/c1-27(2,3)21-7-13-24(14-8-21)35(31,32)28-20-25(26-6-5-19-34-26)30-17-15-29(16-18-30)22-9-11-23(33-4)12-10-22/h5-14,19,25,28H,15-18,20H2,1-4H3. The summed E-state index contributed by atoms with van der Waals surface area (Å²) in [6, 6.07) is 18.8. The van der Waals surface area contributed by atoms with Gasteiger partial charge in [-0.2, -0.15) is 0 Å². The van der Waals surface area contributed by atoms with Gasteiger partial charge < -0.3 is 14.1 Å². The van der Waals surface area contributed by atoms with Crippen LogP contribution in [0.5, 0.6) is 5.75 Å². The Kier molecular flexibility index (Phi) is 7.54. The molecule has 188 valence electrons. The second kappa shape index (κ2) is 10.4. The van der Waals surface area contributed by atoms with Gasteiger partial charge in [0.05, 0.1) is 24.3 Å². The first-order chi connectivity index (χ1) is 16.7. The molecule has 1 saturated heterocycles. The lowest BCUT2D eigenvalue weighted by atomic mass is 9.87. The summed E-state index contributed by atoms with van der Waals surface area (Å²) in [4.78, 5) is 4.88. The molecule has 2 heterocycles. The SMILES string of the molecule is COc1ccc(N2CCN(C(CNS(=O)(=O)c3ccc(C(C)(C)C)cc3)c3ccco3)CC2)cc1. The molecule has 0 radical (unpaired) electrons. The van der Waals surface area contributed by atoms with Crippen molar-refractivity contribution in [2.24, 2.45) is 0 Å². The molecular formula is C27H35N3O4S. The zero-order chi connectivity index (χ0) is 25.1. The lowest BCUT2D eigenvalue weighted by Gasteiger charge is -2.39. The molecule has 1 fully saturated rings. The topological polar surface area (TPSA) is 75.0 Å². The van der Waals surface area contributed by atoms with Crippen LogP contribution in [0.25, 0.3) is 0 Å². The minimum atomic E-state index is -3.65. The molecule has 2 aromatic carbocycles. The van der Waals surface area contributed by atoms with Gasteiger partial charge in [0.25, 0.3) is 0 Å². The van der Waals surface area contributed by atoms with E-state index in [4.69, 9.17) is 9.15 Å². The second-order valence-corrected chi connectivity index (χ2v) is 11.6. The number of rotatable bonds is 8. The number of sulfonamides is 1. The summed E-state index contributed by atoms with van der Waals surface area (Å²) in [5, 5.41) is 0. The van der Waals surface area contributed by atoms with Crippen LogP contribution in [0.3, 0.4) is 0 Å². The highest BCUT2D eigenvalue weighted by atomic mass is 32.2. The lowest BCUT2D eigenvalue weighted by Crippen LogP contribution is -2.49. The van der Waals surface area contributed by atoms with E-state index in [-0.39, 0.29) is 22.9 Å². The van der Waals surface area contributed by atoms with Gasteiger partial charge in [-0.25, -0.2) is 13.1 Å². The summed E-state index contributed by atoms with van der Waals surface area (Å²) in [6.45, 7) is 9.82. The molecule has 3 aromatic rings. The largest absolute Gasteiger partial charge is 0.497 e. The van der Waals surface area contributed by atoms with Crippen molar-refractivity contribution >= 4 is 15.7 Å². The Labute approximate surface area is 208 Å². The van der Waals surface area contributed by atoms with E-state index in [9.17, 15) is 8.42 Å². The van der Waals surface area contributed by atoms with Crippen LogP contribution in [0, 0.1) is 0 Å². The summed E-state index contributed by atoms with van der Waals surface area (Å²) in [6.07, 6.45) is 1.63. The van der Waals surface area contributed by atoms with Gasteiger partial charge in [-0.05, 0) is 59.5 Å². The number of methoxy groups -OCH3 is 1. The zero-order valence-electron chi connectivity index (χ0n) is 20.9. The first-order valence-corrected chi connectivity index (χ1v) is 13.4. The molecule has 1 unspecified atom stereocenters. The van der Waals surface area contributed by atoms with Crippen molar-refractivity contribution < 1.29 is 17.6 Å². The van der Waals surface area contributed by atoms with Crippen LogP contribution in [0.2, 0.25) is 0 Å². The Bertz CT molecular complexity index is 1180. The van der Waals surface area contributed by atoms with Crippen molar-refractivity contribution in [2.45, 2.75) is 37.1 Å². The van der Waals surface area contributed by atoms with Crippen molar-refractivity contribution in [1.29, 1.82) is 0 Å². The minimum Gasteiger partial charge on any atom is -0.497 e. The Morgan fingerprint density at radius 3 is 2.17 bits per heavy atom. The third kappa shape index (κ3) is 6.07. The van der Waals surface area contributed by atoms with Gasteiger partial charge in [0.1, 0.15) is 11.5 Å². The molecule has 0 saturated carbocycles. The highest BCUT2D eigenvalue weighted by Crippen LogP contribution is 2.27. The number of anilines is 1. The molecule has 1 atom stereocenters. The maximum Gasteiger partial charge on any atom is 0.240 e. The van der Waals surface area contributed by atoms with Gasteiger partial charge in [0, 0.05) is 38.4 Å². The normalized spacial score (nSPS) is 16.3. The maximum absolute atomic E-state index is 13.1. The number of nitrogens with zero attached hydrogens (tertiary/aromatic N) is 2. The van der Waals surface area contributed by atoms with Gasteiger partial charge in [0.15, 0.2) is 0 Å². The average molecular weight is 498 g/mol. The van der Waals surface area contributed by atoms with Crippen molar-refractivity contribution in [1.82, 2.24) is 9.62 Å². The molecule has 35 heavy (non-hydrogen) atoms. The van der Waals surface area contributed by atoms with E-state index in [1.165, 1.54) is 0 Å². The Morgan fingerprint density at radius 2 is 1.63 bits per heavy atom. The van der Waals surface area contributed by atoms with E-state index >= 15 is 0 Å². The summed E-state index contributed by atoms with van der Waals surface area (Å²) in [5.74, 6) is 1.60. The molecule has 0 spiro atoms. The van der Waals surface area contributed by atoms with Gasteiger partial charge in [0.2, 0.25) is 10.0 Å². The molecule has 8 heteroatoms. The number of piperazine rings is 1. The molecule has 4 rings (SSSR count). The third-order valence-corrected chi connectivity index (χ3v) is 8.00. The Morgan fingerprint density at radius 1 is 0.971 bits per heavy atom. The fourth-order valence-corrected chi connectivity index (χ4v) is 5.42. The summed E-state index contributed by atoms with van der Waals surface area (Å²) >= 11 is 0. The minimum absolute atomic E-state index is 0.0337. The number of nitrogens with one attached hydrogen (secondary N) is 1. The fraction of sp³-hybridized carbons (Fsp3) is 0.407. The monoisotopic (exact) mass is 497 g/mol. The van der Waals surface area contributed by atoms with Gasteiger partial charge in [-0.15, -0.1) is 0 Å². The third-order valence-electron chi connectivity index (χ3n) is 6.56. The van der Waals surface area contributed by atoms with Crippen LogP contribution in [0.15, 0.2) is 76.2 Å². The van der Waals surface area contributed by atoms with E-state index < -0.39 is 10.0 Å². The number of hydrogen-bond donors (Lipinski definition) is 1. The molecule has 1 aliphatic heterocycles. The zero-order valence-corrected chi connectivity index (χ0v) is 21.7. The van der Waals surface area contributed by atoms with E-state index in [2.05, 4.69) is 47.4 Å². The summed E-state index contributed by atoms with van der Waals surface area (Å²) < 4.78 is 39.9. The molecule has 1 aliphatic rings. The number of ether oxygens (including phenoxy) is 1. The predicted octanol–water partition coefficient (Wildman–Crippen LogP) is 4.43. The van der Waals surface area contributed by atoms with E-state index in [1.807, 2.05) is 36.4 Å². The van der Waals surface area contributed by atoms with E-state index in [0.29, 0.717) is 0 Å².